The molecular formula is C27H26N4OS. The van der Waals surface area contributed by atoms with Gasteiger partial charge in [-0.25, -0.2) is 0 Å². The lowest BCUT2D eigenvalue weighted by molar-refractivity contribution is -0.115. The molecular weight excluding hydrogens is 428 g/mol. The van der Waals surface area contributed by atoms with E-state index in [0.717, 1.165) is 40.6 Å². The van der Waals surface area contributed by atoms with Crippen LogP contribution in [0, 0.1) is 0 Å². The molecule has 1 atom stereocenters. The van der Waals surface area contributed by atoms with Crippen LogP contribution in [-0.2, 0) is 11.3 Å². The summed E-state index contributed by atoms with van der Waals surface area (Å²) in [6.07, 6.45) is 2.31. The number of amides is 1. The van der Waals surface area contributed by atoms with Crippen LogP contribution < -0.4 is 5.32 Å². The SMILES string of the molecule is CC(Sc1nnc(C2CC2)n1Cc1ccccc1)C(=O)Nc1ccccc1-c1ccccc1. The summed E-state index contributed by atoms with van der Waals surface area (Å²) in [4.78, 5) is 13.1. The van der Waals surface area contributed by atoms with Crippen LogP contribution in [0.15, 0.2) is 90.1 Å². The van der Waals surface area contributed by atoms with E-state index in [1.807, 2.05) is 67.6 Å². The van der Waals surface area contributed by atoms with Gasteiger partial charge in [0.05, 0.1) is 11.8 Å². The number of para-hydroxylation sites is 1. The molecule has 33 heavy (non-hydrogen) atoms. The van der Waals surface area contributed by atoms with E-state index >= 15 is 0 Å². The number of anilines is 1. The van der Waals surface area contributed by atoms with Crippen molar-refractivity contribution in [3.8, 4) is 11.1 Å². The summed E-state index contributed by atoms with van der Waals surface area (Å²) in [5, 5.41) is 12.5. The van der Waals surface area contributed by atoms with Gasteiger partial charge >= 0.3 is 0 Å². The molecule has 1 aliphatic carbocycles. The molecule has 5 rings (SSSR count). The number of rotatable bonds is 8. The molecule has 0 radical (unpaired) electrons. The number of nitrogens with one attached hydrogen (secondary N) is 1. The molecule has 1 unspecified atom stereocenters. The Hall–Kier alpha value is -3.38. The summed E-state index contributed by atoms with van der Waals surface area (Å²) >= 11 is 1.46. The van der Waals surface area contributed by atoms with Crippen LogP contribution in [0.1, 0.15) is 37.1 Å². The van der Waals surface area contributed by atoms with Crippen molar-refractivity contribution in [1.29, 1.82) is 0 Å². The van der Waals surface area contributed by atoms with Crippen molar-refractivity contribution >= 4 is 23.4 Å². The highest BCUT2D eigenvalue weighted by atomic mass is 32.2. The number of carbonyl (C=O) groups excluding carboxylic acids is 1. The molecule has 1 heterocycles. The van der Waals surface area contributed by atoms with E-state index in [1.54, 1.807) is 0 Å². The van der Waals surface area contributed by atoms with Crippen LogP contribution in [-0.4, -0.2) is 25.9 Å². The van der Waals surface area contributed by atoms with Crippen molar-refractivity contribution in [2.45, 2.75) is 42.6 Å². The zero-order valence-corrected chi connectivity index (χ0v) is 19.3. The van der Waals surface area contributed by atoms with E-state index in [0.29, 0.717) is 12.5 Å². The molecule has 3 aromatic carbocycles. The van der Waals surface area contributed by atoms with Crippen LogP contribution in [0.5, 0.6) is 0 Å². The van der Waals surface area contributed by atoms with E-state index in [4.69, 9.17) is 0 Å². The number of carbonyl (C=O) groups is 1. The van der Waals surface area contributed by atoms with Crippen molar-refractivity contribution in [2.75, 3.05) is 5.32 Å². The maximum atomic E-state index is 13.1. The van der Waals surface area contributed by atoms with E-state index in [1.165, 1.54) is 17.3 Å². The van der Waals surface area contributed by atoms with Gasteiger partial charge in [-0.05, 0) is 37.0 Å². The van der Waals surface area contributed by atoms with Gasteiger partial charge in [-0.15, -0.1) is 10.2 Å². The molecule has 6 heteroatoms. The lowest BCUT2D eigenvalue weighted by Crippen LogP contribution is -2.23. The Bertz CT molecular complexity index is 1240. The van der Waals surface area contributed by atoms with E-state index in [2.05, 4.69) is 44.3 Å². The first kappa shape index (κ1) is 21.5. The van der Waals surface area contributed by atoms with E-state index < -0.39 is 0 Å². The van der Waals surface area contributed by atoms with Gasteiger partial charge < -0.3 is 9.88 Å². The summed E-state index contributed by atoms with van der Waals surface area (Å²) in [6.45, 7) is 2.64. The van der Waals surface area contributed by atoms with Crippen molar-refractivity contribution in [3.05, 3.63) is 96.3 Å². The predicted octanol–water partition coefficient (Wildman–Crippen LogP) is 5.99. The van der Waals surface area contributed by atoms with Gasteiger partial charge in [-0.3, -0.25) is 4.79 Å². The molecule has 1 aliphatic rings. The number of thioether (sulfide) groups is 1. The highest BCUT2D eigenvalue weighted by Gasteiger charge is 2.31. The second-order valence-electron chi connectivity index (χ2n) is 8.35. The van der Waals surface area contributed by atoms with Crippen LogP contribution in [0.4, 0.5) is 5.69 Å². The molecule has 1 amide bonds. The van der Waals surface area contributed by atoms with Crippen molar-refractivity contribution in [3.63, 3.8) is 0 Å². The largest absolute Gasteiger partial charge is 0.325 e. The number of hydrogen-bond acceptors (Lipinski definition) is 4. The Kier molecular flexibility index (Phi) is 6.26. The zero-order valence-electron chi connectivity index (χ0n) is 18.5. The van der Waals surface area contributed by atoms with E-state index in [-0.39, 0.29) is 11.2 Å². The summed E-state index contributed by atoms with van der Waals surface area (Å²) < 4.78 is 2.18. The lowest BCUT2D eigenvalue weighted by atomic mass is 10.0. The first-order valence-electron chi connectivity index (χ1n) is 11.3. The standard InChI is InChI=1S/C27H26N4OS/c1-19(26(32)28-24-15-9-8-14-23(24)21-12-6-3-7-13-21)33-27-30-29-25(22-16-17-22)31(27)18-20-10-4-2-5-11-20/h2-15,19,22H,16-18H2,1H3,(H,28,32). The quantitative estimate of drug-likeness (QED) is 0.332. The van der Waals surface area contributed by atoms with Gasteiger partial charge in [0, 0.05) is 17.2 Å². The molecule has 0 saturated heterocycles. The Morgan fingerprint density at radius 3 is 2.36 bits per heavy atom. The maximum absolute atomic E-state index is 13.1. The molecule has 166 valence electrons. The molecule has 0 aliphatic heterocycles. The Morgan fingerprint density at radius 1 is 0.970 bits per heavy atom. The summed E-state index contributed by atoms with van der Waals surface area (Å²) in [6, 6.07) is 28.3. The monoisotopic (exact) mass is 454 g/mol. The first-order valence-corrected chi connectivity index (χ1v) is 12.2. The van der Waals surface area contributed by atoms with Crippen molar-refractivity contribution in [1.82, 2.24) is 14.8 Å². The first-order chi connectivity index (χ1) is 16.2. The molecule has 0 bridgehead atoms. The molecule has 0 spiro atoms. The Labute approximate surface area is 198 Å². The number of nitrogens with zero attached hydrogens (tertiary/aromatic N) is 3. The third-order valence-corrected chi connectivity index (χ3v) is 6.87. The minimum Gasteiger partial charge on any atom is -0.325 e. The van der Waals surface area contributed by atoms with Crippen LogP contribution >= 0.6 is 11.8 Å². The Balaban J connectivity index is 1.34. The highest BCUT2D eigenvalue weighted by molar-refractivity contribution is 8.00. The third kappa shape index (κ3) is 5.01. The fourth-order valence-electron chi connectivity index (χ4n) is 3.85. The van der Waals surface area contributed by atoms with Gasteiger partial charge in [0.2, 0.25) is 5.91 Å². The lowest BCUT2D eigenvalue weighted by Gasteiger charge is -2.16. The molecule has 4 aromatic rings. The third-order valence-electron chi connectivity index (χ3n) is 5.79. The van der Waals surface area contributed by atoms with Gasteiger partial charge in [-0.1, -0.05) is 90.6 Å². The fourth-order valence-corrected chi connectivity index (χ4v) is 4.71. The van der Waals surface area contributed by atoms with Gasteiger partial charge in [0.1, 0.15) is 5.82 Å². The van der Waals surface area contributed by atoms with Crippen LogP contribution in [0.3, 0.4) is 0 Å². The average Bonchev–Trinajstić information content (AvgIpc) is 3.63. The summed E-state index contributed by atoms with van der Waals surface area (Å²) in [5.74, 6) is 1.46. The van der Waals surface area contributed by atoms with E-state index in [9.17, 15) is 4.79 Å². The zero-order chi connectivity index (χ0) is 22.6. The second kappa shape index (κ2) is 9.63. The van der Waals surface area contributed by atoms with Gasteiger partial charge in [0.15, 0.2) is 5.16 Å². The fraction of sp³-hybridized carbons (Fsp3) is 0.222. The maximum Gasteiger partial charge on any atom is 0.237 e. The minimum absolute atomic E-state index is 0.0504. The van der Waals surface area contributed by atoms with Crippen molar-refractivity contribution in [2.24, 2.45) is 0 Å². The topological polar surface area (TPSA) is 59.8 Å². The van der Waals surface area contributed by atoms with Crippen LogP contribution in [0.25, 0.3) is 11.1 Å². The number of aromatic nitrogens is 3. The molecule has 5 nitrogen and oxygen atoms in total. The molecule has 1 fully saturated rings. The summed E-state index contributed by atoms with van der Waals surface area (Å²) in [7, 11) is 0. The second-order valence-corrected chi connectivity index (χ2v) is 9.66. The average molecular weight is 455 g/mol. The molecule has 1 N–H and O–H groups in total. The smallest absolute Gasteiger partial charge is 0.237 e. The minimum atomic E-state index is -0.320. The normalized spacial score (nSPS) is 14.1. The van der Waals surface area contributed by atoms with Gasteiger partial charge in [0.25, 0.3) is 0 Å². The predicted molar refractivity (Wildman–Crippen MR) is 133 cm³/mol. The van der Waals surface area contributed by atoms with Crippen molar-refractivity contribution < 1.29 is 4.79 Å². The Morgan fingerprint density at radius 2 is 1.64 bits per heavy atom. The number of benzene rings is 3. The highest BCUT2D eigenvalue weighted by Crippen LogP contribution is 2.40. The molecule has 1 saturated carbocycles. The van der Waals surface area contributed by atoms with Gasteiger partial charge in [-0.2, -0.15) is 0 Å². The molecule has 1 aromatic heterocycles. The van der Waals surface area contributed by atoms with Crippen LogP contribution in [0.2, 0.25) is 0 Å². The summed E-state index contributed by atoms with van der Waals surface area (Å²) in [5.41, 5.74) is 4.10. The number of hydrogen-bond donors (Lipinski definition) is 1.